The zero-order chi connectivity index (χ0) is 22.1. The molecule has 0 amide bonds. The number of hydrogen-bond acceptors (Lipinski definition) is 5. The highest BCUT2D eigenvalue weighted by molar-refractivity contribution is 7.80. The van der Waals surface area contributed by atoms with Gasteiger partial charge in [0.2, 0.25) is 5.82 Å². The van der Waals surface area contributed by atoms with Gasteiger partial charge in [0, 0.05) is 21.2 Å². The van der Waals surface area contributed by atoms with Crippen molar-refractivity contribution < 1.29 is 4.52 Å². The molecule has 0 aliphatic carbocycles. The van der Waals surface area contributed by atoms with Crippen molar-refractivity contribution >= 4 is 45.8 Å². The molecule has 4 aromatic rings. The van der Waals surface area contributed by atoms with Gasteiger partial charge in [-0.3, -0.25) is 0 Å². The maximum atomic E-state index is 6.30. The monoisotopic (exact) mass is 478 g/mol. The van der Waals surface area contributed by atoms with Crippen molar-refractivity contribution in [2.24, 2.45) is 0 Å². The molecule has 5 nitrogen and oxygen atoms in total. The van der Waals surface area contributed by atoms with Gasteiger partial charge in [0.05, 0.1) is 18.2 Å². The minimum atomic E-state index is -0.259. The first-order valence-corrected chi connectivity index (χ1v) is 11.7. The fraction of sp³-hybridized carbons (Fsp3) is 0.125. The number of benzene rings is 2. The second-order valence-electron chi connectivity index (χ2n) is 7.39. The molecule has 1 atom stereocenters. The number of thiocarbonyl (C=S) groups is 1. The molecule has 8 heteroatoms. The van der Waals surface area contributed by atoms with Gasteiger partial charge in [0.15, 0.2) is 5.11 Å². The Hall–Kier alpha value is -3.00. The molecule has 1 unspecified atom stereocenters. The standard InChI is InChI=1S/C24H19ClN4OS2/c1-15-20(23-27-22(28-30-23)16-7-3-2-4-8-16)21(17-9-5-10-18(25)13-17)26-24(31)29(15)14-19-11-6-12-32-19/h2-13,21H,14H2,1H3,(H,26,31). The molecule has 3 heterocycles. The predicted molar refractivity (Wildman–Crippen MR) is 132 cm³/mol. The van der Waals surface area contributed by atoms with Gasteiger partial charge in [-0.15, -0.1) is 11.3 Å². The normalized spacial score (nSPS) is 16.4. The van der Waals surface area contributed by atoms with Crippen molar-refractivity contribution in [3.05, 3.63) is 99.2 Å². The fourth-order valence-corrected chi connectivity index (χ4v) is 4.99. The van der Waals surface area contributed by atoms with Crippen LogP contribution in [0.1, 0.15) is 29.3 Å². The Labute approximate surface area is 200 Å². The lowest BCUT2D eigenvalue weighted by Gasteiger charge is -2.37. The molecule has 160 valence electrons. The first-order chi connectivity index (χ1) is 15.6. The van der Waals surface area contributed by atoms with Crippen LogP contribution in [0.3, 0.4) is 0 Å². The quantitative estimate of drug-likeness (QED) is 0.339. The van der Waals surface area contributed by atoms with Gasteiger partial charge in [-0.05, 0) is 48.3 Å². The van der Waals surface area contributed by atoms with Crippen LogP contribution in [0, 0.1) is 0 Å². The molecule has 0 fully saturated rings. The molecule has 0 saturated carbocycles. The molecular formula is C24H19ClN4OS2. The number of thiophene rings is 1. The average Bonchev–Trinajstić information content (AvgIpc) is 3.49. The van der Waals surface area contributed by atoms with E-state index < -0.39 is 0 Å². The van der Waals surface area contributed by atoms with Crippen molar-refractivity contribution in [3.63, 3.8) is 0 Å². The summed E-state index contributed by atoms with van der Waals surface area (Å²) >= 11 is 13.8. The Bertz CT molecular complexity index is 1280. The van der Waals surface area contributed by atoms with Crippen LogP contribution in [0.5, 0.6) is 0 Å². The molecule has 1 aliphatic heterocycles. The molecular weight excluding hydrogens is 460 g/mol. The molecule has 2 aromatic carbocycles. The third-order valence-electron chi connectivity index (χ3n) is 5.36. The molecule has 0 radical (unpaired) electrons. The zero-order valence-corrected chi connectivity index (χ0v) is 19.5. The summed E-state index contributed by atoms with van der Waals surface area (Å²) in [6.45, 7) is 2.71. The number of halogens is 1. The third kappa shape index (κ3) is 4.07. The number of nitrogens with one attached hydrogen (secondary N) is 1. The van der Waals surface area contributed by atoms with E-state index in [-0.39, 0.29) is 6.04 Å². The second kappa shape index (κ2) is 8.86. The van der Waals surface area contributed by atoms with Gasteiger partial charge >= 0.3 is 0 Å². The molecule has 5 rings (SSSR count). The average molecular weight is 479 g/mol. The maximum Gasteiger partial charge on any atom is 0.258 e. The number of aromatic nitrogens is 2. The first-order valence-electron chi connectivity index (χ1n) is 10.1. The van der Waals surface area contributed by atoms with Gasteiger partial charge in [-0.25, -0.2) is 0 Å². The van der Waals surface area contributed by atoms with Gasteiger partial charge in [-0.1, -0.05) is 65.3 Å². The van der Waals surface area contributed by atoms with Crippen molar-refractivity contribution in [3.8, 4) is 11.4 Å². The van der Waals surface area contributed by atoms with Crippen LogP contribution in [-0.4, -0.2) is 20.2 Å². The van der Waals surface area contributed by atoms with E-state index in [2.05, 4.69) is 26.8 Å². The van der Waals surface area contributed by atoms with Crippen LogP contribution >= 0.6 is 35.2 Å². The smallest absolute Gasteiger partial charge is 0.258 e. The topological polar surface area (TPSA) is 54.2 Å². The van der Waals surface area contributed by atoms with Crippen LogP contribution in [0.4, 0.5) is 0 Å². The molecule has 32 heavy (non-hydrogen) atoms. The van der Waals surface area contributed by atoms with E-state index in [4.69, 9.17) is 33.3 Å². The highest BCUT2D eigenvalue weighted by Crippen LogP contribution is 2.38. The molecule has 0 saturated heterocycles. The van der Waals surface area contributed by atoms with Crippen LogP contribution in [0.15, 0.2) is 82.3 Å². The van der Waals surface area contributed by atoms with Gasteiger partial charge in [-0.2, -0.15) is 4.98 Å². The van der Waals surface area contributed by atoms with E-state index in [9.17, 15) is 0 Å². The number of allylic oxidation sites excluding steroid dienone is 1. The van der Waals surface area contributed by atoms with Crippen LogP contribution in [0.2, 0.25) is 5.02 Å². The predicted octanol–water partition coefficient (Wildman–Crippen LogP) is 6.31. The zero-order valence-electron chi connectivity index (χ0n) is 17.2. The van der Waals surface area contributed by atoms with Gasteiger partial charge in [0.25, 0.3) is 5.89 Å². The van der Waals surface area contributed by atoms with Crippen molar-refractivity contribution in [1.29, 1.82) is 0 Å². The number of rotatable bonds is 5. The summed E-state index contributed by atoms with van der Waals surface area (Å²) < 4.78 is 5.77. The summed E-state index contributed by atoms with van der Waals surface area (Å²) in [5.74, 6) is 1.00. The Balaban J connectivity index is 1.61. The minimum absolute atomic E-state index is 0.259. The Morgan fingerprint density at radius 2 is 1.97 bits per heavy atom. The second-order valence-corrected chi connectivity index (χ2v) is 9.25. The van der Waals surface area contributed by atoms with E-state index in [1.807, 2.05) is 67.6 Å². The Morgan fingerprint density at radius 3 is 2.72 bits per heavy atom. The summed E-state index contributed by atoms with van der Waals surface area (Å²) in [6, 6.07) is 21.4. The maximum absolute atomic E-state index is 6.30. The fourth-order valence-electron chi connectivity index (χ4n) is 3.78. The van der Waals surface area contributed by atoms with E-state index in [0.29, 0.717) is 28.4 Å². The van der Waals surface area contributed by atoms with Gasteiger partial charge in [0.1, 0.15) is 0 Å². The van der Waals surface area contributed by atoms with Crippen LogP contribution < -0.4 is 5.32 Å². The van der Waals surface area contributed by atoms with E-state index in [1.165, 1.54) is 4.88 Å². The summed E-state index contributed by atoms with van der Waals surface area (Å²) in [7, 11) is 0. The van der Waals surface area contributed by atoms with Crippen molar-refractivity contribution in [2.45, 2.75) is 19.5 Å². The van der Waals surface area contributed by atoms with Crippen molar-refractivity contribution in [1.82, 2.24) is 20.4 Å². The highest BCUT2D eigenvalue weighted by Gasteiger charge is 2.34. The lowest BCUT2D eigenvalue weighted by atomic mass is 9.95. The highest BCUT2D eigenvalue weighted by atomic mass is 35.5. The van der Waals surface area contributed by atoms with Gasteiger partial charge < -0.3 is 14.7 Å². The Morgan fingerprint density at radius 1 is 1.12 bits per heavy atom. The van der Waals surface area contributed by atoms with Crippen LogP contribution in [-0.2, 0) is 6.54 Å². The summed E-state index contributed by atoms with van der Waals surface area (Å²) in [5, 5.41) is 11.1. The van der Waals surface area contributed by atoms with E-state index >= 15 is 0 Å². The molecule has 0 bridgehead atoms. The summed E-state index contributed by atoms with van der Waals surface area (Å²) in [6.07, 6.45) is 0. The largest absolute Gasteiger partial charge is 0.351 e. The van der Waals surface area contributed by atoms with Crippen molar-refractivity contribution in [2.75, 3.05) is 0 Å². The molecule has 1 aliphatic rings. The summed E-state index contributed by atoms with van der Waals surface area (Å²) in [5.41, 5.74) is 3.72. The van der Waals surface area contributed by atoms with E-state index in [1.54, 1.807) is 11.3 Å². The third-order valence-corrected chi connectivity index (χ3v) is 6.80. The minimum Gasteiger partial charge on any atom is -0.351 e. The molecule has 1 N–H and O–H groups in total. The number of nitrogens with zero attached hydrogens (tertiary/aromatic N) is 3. The first kappa shape index (κ1) is 20.9. The lowest BCUT2D eigenvalue weighted by Crippen LogP contribution is -2.45. The lowest BCUT2D eigenvalue weighted by molar-refractivity contribution is 0.396. The molecule has 0 spiro atoms. The molecule has 2 aromatic heterocycles. The summed E-state index contributed by atoms with van der Waals surface area (Å²) in [4.78, 5) is 8.02. The Kier molecular flexibility index (Phi) is 5.78. The van der Waals surface area contributed by atoms with E-state index in [0.717, 1.165) is 22.4 Å². The number of hydrogen-bond donors (Lipinski definition) is 1. The SMILES string of the molecule is CC1=C(c2nc(-c3ccccc3)no2)C(c2cccc(Cl)c2)NC(=S)N1Cc1cccs1. The van der Waals surface area contributed by atoms with Crippen LogP contribution in [0.25, 0.3) is 17.0 Å².